The standard InChI is InChI=1S/C11H15F2NO/c1-8(5-6-14-2)15-9-3-4-10(12)11(13)7-9/h3-4,7-8,14H,5-6H2,1-2H3. The fourth-order valence-electron chi connectivity index (χ4n) is 1.19. The van der Waals surface area contributed by atoms with Crippen LogP contribution in [0.1, 0.15) is 13.3 Å². The van der Waals surface area contributed by atoms with Gasteiger partial charge >= 0.3 is 0 Å². The van der Waals surface area contributed by atoms with Gasteiger partial charge in [-0.25, -0.2) is 8.78 Å². The van der Waals surface area contributed by atoms with Crippen LogP contribution in [-0.2, 0) is 0 Å². The molecule has 0 bridgehead atoms. The van der Waals surface area contributed by atoms with Gasteiger partial charge in [0.2, 0.25) is 0 Å². The van der Waals surface area contributed by atoms with Crippen LogP contribution in [-0.4, -0.2) is 19.7 Å². The average molecular weight is 215 g/mol. The van der Waals surface area contributed by atoms with Gasteiger partial charge in [-0.3, -0.25) is 0 Å². The van der Waals surface area contributed by atoms with Gasteiger partial charge in [0.1, 0.15) is 5.75 Å². The Balaban J connectivity index is 2.53. The fourth-order valence-corrected chi connectivity index (χ4v) is 1.19. The van der Waals surface area contributed by atoms with Gasteiger partial charge in [0.25, 0.3) is 0 Å². The number of benzene rings is 1. The first-order valence-corrected chi connectivity index (χ1v) is 4.89. The number of halogens is 2. The van der Waals surface area contributed by atoms with Crippen molar-refractivity contribution in [1.29, 1.82) is 0 Å². The summed E-state index contributed by atoms with van der Waals surface area (Å²) in [5.74, 6) is -1.38. The Hall–Kier alpha value is -1.16. The minimum Gasteiger partial charge on any atom is -0.491 e. The lowest BCUT2D eigenvalue weighted by Gasteiger charge is -2.14. The van der Waals surface area contributed by atoms with E-state index in [-0.39, 0.29) is 6.10 Å². The molecule has 0 amide bonds. The van der Waals surface area contributed by atoms with Crippen LogP contribution in [0.2, 0.25) is 0 Å². The molecule has 0 aromatic heterocycles. The summed E-state index contributed by atoms with van der Waals surface area (Å²) in [5.41, 5.74) is 0. The summed E-state index contributed by atoms with van der Waals surface area (Å²) in [6, 6.07) is 3.55. The number of hydrogen-bond donors (Lipinski definition) is 1. The molecule has 1 unspecified atom stereocenters. The molecule has 1 N–H and O–H groups in total. The van der Waals surface area contributed by atoms with Crippen LogP contribution >= 0.6 is 0 Å². The van der Waals surface area contributed by atoms with Crippen molar-refractivity contribution < 1.29 is 13.5 Å². The summed E-state index contributed by atoms with van der Waals surface area (Å²) in [4.78, 5) is 0. The lowest BCUT2D eigenvalue weighted by atomic mass is 10.2. The highest BCUT2D eigenvalue weighted by molar-refractivity contribution is 5.23. The lowest BCUT2D eigenvalue weighted by molar-refractivity contribution is 0.209. The maximum absolute atomic E-state index is 12.8. The number of hydrogen-bond acceptors (Lipinski definition) is 2. The molecule has 0 aliphatic carbocycles. The Morgan fingerprint density at radius 3 is 2.67 bits per heavy atom. The van der Waals surface area contributed by atoms with Crippen molar-refractivity contribution >= 4 is 0 Å². The number of rotatable bonds is 5. The molecule has 0 fully saturated rings. The zero-order valence-electron chi connectivity index (χ0n) is 8.89. The van der Waals surface area contributed by atoms with Crippen LogP contribution in [0.5, 0.6) is 5.75 Å². The van der Waals surface area contributed by atoms with E-state index in [4.69, 9.17) is 4.74 Å². The highest BCUT2D eigenvalue weighted by Gasteiger charge is 2.06. The van der Waals surface area contributed by atoms with Crippen molar-refractivity contribution in [3.63, 3.8) is 0 Å². The topological polar surface area (TPSA) is 21.3 Å². The summed E-state index contributed by atoms with van der Waals surface area (Å²) in [5, 5.41) is 2.99. The van der Waals surface area contributed by atoms with Gasteiger partial charge in [-0.2, -0.15) is 0 Å². The van der Waals surface area contributed by atoms with Crippen molar-refractivity contribution in [2.75, 3.05) is 13.6 Å². The maximum Gasteiger partial charge on any atom is 0.162 e. The van der Waals surface area contributed by atoms with E-state index in [1.165, 1.54) is 6.07 Å². The first kappa shape index (κ1) is 11.9. The third kappa shape index (κ3) is 3.83. The van der Waals surface area contributed by atoms with E-state index in [1.807, 2.05) is 14.0 Å². The van der Waals surface area contributed by atoms with Crippen LogP contribution in [0, 0.1) is 11.6 Å². The SMILES string of the molecule is CNCCC(C)Oc1ccc(F)c(F)c1. The molecule has 0 aliphatic rings. The second-order valence-electron chi connectivity index (χ2n) is 3.40. The quantitative estimate of drug-likeness (QED) is 0.814. The van der Waals surface area contributed by atoms with Crippen LogP contribution in [0.15, 0.2) is 18.2 Å². The van der Waals surface area contributed by atoms with Crippen molar-refractivity contribution in [1.82, 2.24) is 5.32 Å². The third-order valence-corrected chi connectivity index (χ3v) is 2.03. The predicted molar refractivity (Wildman–Crippen MR) is 55.0 cm³/mol. The second kappa shape index (κ2) is 5.66. The molecule has 1 aromatic rings. The monoisotopic (exact) mass is 215 g/mol. The Bertz CT molecular complexity index is 317. The minimum absolute atomic E-state index is 0.0256. The summed E-state index contributed by atoms with van der Waals surface area (Å²) in [6.45, 7) is 2.71. The second-order valence-corrected chi connectivity index (χ2v) is 3.40. The third-order valence-electron chi connectivity index (χ3n) is 2.03. The summed E-state index contributed by atoms with van der Waals surface area (Å²) in [6.07, 6.45) is 0.789. The van der Waals surface area contributed by atoms with E-state index in [1.54, 1.807) is 0 Å². The highest BCUT2D eigenvalue weighted by Crippen LogP contribution is 2.17. The van der Waals surface area contributed by atoms with Crippen molar-refractivity contribution in [3.8, 4) is 5.75 Å². The summed E-state index contributed by atoms with van der Waals surface area (Å²) >= 11 is 0. The molecule has 0 aliphatic heterocycles. The predicted octanol–water partition coefficient (Wildman–Crippen LogP) is 2.34. The smallest absolute Gasteiger partial charge is 0.162 e. The van der Waals surface area contributed by atoms with Crippen LogP contribution in [0.4, 0.5) is 8.78 Å². The molecule has 0 heterocycles. The van der Waals surface area contributed by atoms with E-state index in [9.17, 15) is 8.78 Å². The molecule has 0 radical (unpaired) electrons. The van der Waals surface area contributed by atoms with Crippen molar-refractivity contribution in [3.05, 3.63) is 29.8 Å². The molecule has 1 atom stereocenters. The molecular weight excluding hydrogens is 200 g/mol. The van der Waals surface area contributed by atoms with Gasteiger partial charge in [0.05, 0.1) is 6.10 Å². The number of ether oxygens (including phenoxy) is 1. The molecule has 4 heteroatoms. The molecule has 2 nitrogen and oxygen atoms in total. The Kier molecular flexibility index (Phi) is 4.49. The largest absolute Gasteiger partial charge is 0.491 e. The normalized spacial score (nSPS) is 12.5. The van der Waals surface area contributed by atoms with E-state index in [2.05, 4.69) is 5.32 Å². The van der Waals surface area contributed by atoms with Gasteiger partial charge in [-0.15, -0.1) is 0 Å². The van der Waals surface area contributed by atoms with E-state index in [0.29, 0.717) is 5.75 Å². The van der Waals surface area contributed by atoms with Crippen LogP contribution in [0.3, 0.4) is 0 Å². The Morgan fingerprint density at radius 2 is 2.07 bits per heavy atom. The minimum atomic E-state index is -0.881. The molecule has 15 heavy (non-hydrogen) atoms. The summed E-state index contributed by atoms with van der Waals surface area (Å²) < 4.78 is 30.8. The molecule has 1 rings (SSSR count). The van der Waals surface area contributed by atoms with E-state index < -0.39 is 11.6 Å². The zero-order chi connectivity index (χ0) is 11.3. The first-order valence-electron chi connectivity index (χ1n) is 4.89. The van der Waals surface area contributed by atoms with Gasteiger partial charge in [0.15, 0.2) is 11.6 Å². The zero-order valence-corrected chi connectivity index (χ0v) is 8.89. The van der Waals surface area contributed by atoms with Gasteiger partial charge < -0.3 is 10.1 Å². The highest BCUT2D eigenvalue weighted by atomic mass is 19.2. The Morgan fingerprint density at radius 1 is 1.33 bits per heavy atom. The maximum atomic E-state index is 12.8. The number of nitrogens with one attached hydrogen (secondary N) is 1. The van der Waals surface area contributed by atoms with Crippen molar-refractivity contribution in [2.45, 2.75) is 19.4 Å². The molecule has 1 aromatic carbocycles. The van der Waals surface area contributed by atoms with E-state index >= 15 is 0 Å². The van der Waals surface area contributed by atoms with Gasteiger partial charge in [-0.1, -0.05) is 0 Å². The molecule has 0 saturated heterocycles. The van der Waals surface area contributed by atoms with Crippen molar-refractivity contribution in [2.24, 2.45) is 0 Å². The van der Waals surface area contributed by atoms with Gasteiger partial charge in [0, 0.05) is 6.07 Å². The van der Waals surface area contributed by atoms with E-state index in [0.717, 1.165) is 25.1 Å². The average Bonchev–Trinajstić information content (AvgIpc) is 2.20. The van der Waals surface area contributed by atoms with Crippen LogP contribution < -0.4 is 10.1 Å². The lowest BCUT2D eigenvalue weighted by Crippen LogP contribution is -2.19. The Labute approximate surface area is 88.3 Å². The first-order chi connectivity index (χ1) is 7.13. The fraction of sp³-hybridized carbons (Fsp3) is 0.455. The molecular formula is C11H15F2NO. The van der Waals surface area contributed by atoms with Gasteiger partial charge in [-0.05, 0) is 39.1 Å². The molecule has 0 saturated carbocycles. The molecule has 84 valence electrons. The van der Waals surface area contributed by atoms with Crippen LogP contribution in [0.25, 0.3) is 0 Å². The molecule has 0 spiro atoms. The summed E-state index contributed by atoms with van der Waals surface area (Å²) in [7, 11) is 1.85.